The first kappa shape index (κ1) is 11.9. The van der Waals surface area contributed by atoms with Gasteiger partial charge in [0.05, 0.1) is 11.8 Å². The van der Waals surface area contributed by atoms with Crippen LogP contribution >= 0.6 is 15.9 Å². The molecule has 2 rings (SSSR count). The van der Waals surface area contributed by atoms with Crippen LogP contribution in [0, 0.1) is 11.2 Å². The van der Waals surface area contributed by atoms with E-state index in [-0.39, 0.29) is 23.4 Å². The van der Waals surface area contributed by atoms with E-state index >= 15 is 0 Å². The van der Waals surface area contributed by atoms with Gasteiger partial charge in [0.1, 0.15) is 5.82 Å². The zero-order valence-corrected chi connectivity index (χ0v) is 10.9. The smallest absolute Gasteiger partial charge is 0.146 e. The molecule has 2 atom stereocenters. The molecule has 1 aliphatic carbocycles. The number of rotatable bonds is 2. The second-order valence-electron chi connectivity index (χ2n) is 4.89. The van der Waals surface area contributed by atoms with Crippen molar-refractivity contribution in [3.8, 4) is 0 Å². The summed E-state index contributed by atoms with van der Waals surface area (Å²) in [6, 6.07) is 4.93. The molecule has 0 aliphatic heterocycles. The highest BCUT2D eigenvalue weighted by atomic mass is 79.9. The summed E-state index contributed by atoms with van der Waals surface area (Å²) >= 11 is 3.31. The maximum Gasteiger partial charge on any atom is 0.146 e. The Morgan fingerprint density at radius 3 is 2.75 bits per heavy atom. The Balaban J connectivity index is 2.13. The van der Waals surface area contributed by atoms with Gasteiger partial charge >= 0.3 is 0 Å². The van der Waals surface area contributed by atoms with E-state index in [1.54, 1.807) is 12.1 Å². The van der Waals surface area contributed by atoms with E-state index in [2.05, 4.69) is 21.2 Å². The van der Waals surface area contributed by atoms with E-state index < -0.39 is 0 Å². The molecule has 0 aromatic heterocycles. The summed E-state index contributed by atoms with van der Waals surface area (Å²) in [4.78, 5) is 0. The van der Waals surface area contributed by atoms with Crippen LogP contribution in [0.2, 0.25) is 0 Å². The van der Waals surface area contributed by atoms with Crippen LogP contribution in [0.3, 0.4) is 0 Å². The quantitative estimate of drug-likeness (QED) is 0.876. The fourth-order valence-corrected chi connectivity index (χ4v) is 2.30. The third-order valence-electron chi connectivity index (χ3n) is 3.47. The van der Waals surface area contributed by atoms with Gasteiger partial charge in [-0.2, -0.15) is 0 Å². The average Bonchev–Trinajstić information content (AvgIpc) is 2.23. The Bertz CT molecular complexity index is 408. The number of anilines is 1. The largest absolute Gasteiger partial charge is 0.392 e. The molecule has 2 nitrogen and oxygen atoms in total. The summed E-state index contributed by atoms with van der Waals surface area (Å²) in [5, 5.41) is 12.7. The first-order chi connectivity index (χ1) is 7.41. The van der Waals surface area contributed by atoms with Crippen molar-refractivity contribution in [2.75, 3.05) is 5.32 Å². The lowest BCUT2D eigenvalue weighted by atomic mass is 9.64. The van der Waals surface area contributed by atoms with Gasteiger partial charge in [0.25, 0.3) is 0 Å². The molecule has 2 unspecified atom stereocenters. The van der Waals surface area contributed by atoms with Crippen molar-refractivity contribution in [2.24, 2.45) is 5.41 Å². The molecule has 16 heavy (non-hydrogen) atoms. The van der Waals surface area contributed by atoms with Crippen molar-refractivity contribution >= 4 is 21.6 Å². The van der Waals surface area contributed by atoms with Gasteiger partial charge in [-0.15, -0.1) is 0 Å². The Hall–Kier alpha value is -0.610. The molecule has 0 spiro atoms. The molecule has 1 aromatic carbocycles. The summed E-state index contributed by atoms with van der Waals surface area (Å²) in [6.45, 7) is 3.96. The third kappa shape index (κ3) is 1.96. The van der Waals surface area contributed by atoms with E-state index in [0.717, 1.165) is 4.47 Å². The predicted octanol–water partition coefficient (Wildman–Crippen LogP) is 3.16. The highest BCUT2D eigenvalue weighted by Crippen LogP contribution is 2.42. The predicted molar refractivity (Wildman–Crippen MR) is 65.9 cm³/mol. The van der Waals surface area contributed by atoms with Gasteiger partial charge in [-0.05, 0) is 24.6 Å². The second kappa shape index (κ2) is 4.00. The van der Waals surface area contributed by atoms with E-state index in [9.17, 15) is 9.50 Å². The molecule has 2 N–H and O–H groups in total. The van der Waals surface area contributed by atoms with Gasteiger partial charge in [0.2, 0.25) is 0 Å². The van der Waals surface area contributed by atoms with Crippen molar-refractivity contribution < 1.29 is 9.50 Å². The third-order valence-corrected chi connectivity index (χ3v) is 3.97. The number of hydrogen-bond donors (Lipinski definition) is 2. The van der Waals surface area contributed by atoms with Gasteiger partial charge in [0.15, 0.2) is 0 Å². The number of halogens is 2. The maximum absolute atomic E-state index is 13.5. The minimum atomic E-state index is -0.305. The van der Waals surface area contributed by atoms with Crippen LogP contribution in [0.25, 0.3) is 0 Å². The lowest BCUT2D eigenvalue weighted by Gasteiger charge is -2.49. The van der Waals surface area contributed by atoms with Gasteiger partial charge < -0.3 is 10.4 Å². The van der Waals surface area contributed by atoms with Crippen LogP contribution in [0.1, 0.15) is 20.3 Å². The van der Waals surface area contributed by atoms with Crippen LogP contribution in [-0.2, 0) is 0 Å². The molecule has 1 aromatic rings. The monoisotopic (exact) mass is 287 g/mol. The van der Waals surface area contributed by atoms with Gasteiger partial charge in [-0.1, -0.05) is 29.8 Å². The van der Waals surface area contributed by atoms with Gasteiger partial charge in [0, 0.05) is 15.9 Å². The normalized spacial score (nSPS) is 27.3. The van der Waals surface area contributed by atoms with Crippen LogP contribution < -0.4 is 5.32 Å². The van der Waals surface area contributed by atoms with Crippen molar-refractivity contribution in [3.63, 3.8) is 0 Å². The number of benzene rings is 1. The highest BCUT2D eigenvalue weighted by molar-refractivity contribution is 9.10. The van der Waals surface area contributed by atoms with E-state index in [0.29, 0.717) is 12.1 Å². The molecule has 0 saturated heterocycles. The van der Waals surface area contributed by atoms with Crippen molar-refractivity contribution in [1.82, 2.24) is 0 Å². The van der Waals surface area contributed by atoms with Gasteiger partial charge in [-0.3, -0.25) is 0 Å². The number of aliphatic hydroxyl groups is 1. The number of aliphatic hydroxyl groups excluding tert-OH is 1. The second-order valence-corrected chi connectivity index (χ2v) is 5.81. The summed E-state index contributed by atoms with van der Waals surface area (Å²) in [6.07, 6.45) is 0.360. The lowest BCUT2D eigenvalue weighted by molar-refractivity contribution is -0.0511. The maximum atomic E-state index is 13.5. The van der Waals surface area contributed by atoms with Crippen molar-refractivity contribution in [2.45, 2.75) is 32.4 Å². The molecule has 88 valence electrons. The number of nitrogens with one attached hydrogen (secondary N) is 1. The van der Waals surface area contributed by atoms with Crippen LogP contribution in [0.15, 0.2) is 22.7 Å². The SMILES string of the molecule is CC1(C)C(O)CC1Nc1cc(Br)ccc1F. The summed E-state index contributed by atoms with van der Waals surface area (Å²) in [5.41, 5.74) is 0.286. The topological polar surface area (TPSA) is 32.3 Å². The molecule has 0 heterocycles. The summed E-state index contributed by atoms with van der Waals surface area (Å²) < 4.78 is 14.3. The molecule has 1 fully saturated rings. The Morgan fingerprint density at radius 2 is 2.19 bits per heavy atom. The Morgan fingerprint density at radius 1 is 1.50 bits per heavy atom. The fraction of sp³-hybridized carbons (Fsp3) is 0.500. The lowest BCUT2D eigenvalue weighted by Crippen LogP contribution is -2.57. The van der Waals surface area contributed by atoms with Crippen LogP contribution in [0.4, 0.5) is 10.1 Å². The van der Waals surface area contributed by atoms with E-state index in [1.807, 2.05) is 13.8 Å². The molecule has 0 amide bonds. The highest BCUT2D eigenvalue weighted by Gasteiger charge is 2.47. The van der Waals surface area contributed by atoms with Crippen molar-refractivity contribution in [3.05, 3.63) is 28.5 Å². The van der Waals surface area contributed by atoms with E-state index in [4.69, 9.17) is 0 Å². The zero-order valence-electron chi connectivity index (χ0n) is 9.30. The van der Waals surface area contributed by atoms with Gasteiger partial charge in [-0.25, -0.2) is 4.39 Å². The Labute approximate surface area is 103 Å². The number of hydrogen-bond acceptors (Lipinski definition) is 2. The minimum absolute atomic E-state index is 0.117. The molecular weight excluding hydrogens is 273 g/mol. The summed E-state index contributed by atoms with van der Waals surface area (Å²) in [7, 11) is 0. The summed E-state index contributed by atoms with van der Waals surface area (Å²) in [5.74, 6) is -0.264. The van der Waals surface area contributed by atoms with Crippen LogP contribution in [0.5, 0.6) is 0 Å². The molecule has 0 bridgehead atoms. The molecule has 1 saturated carbocycles. The van der Waals surface area contributed by atoms with E-state index in [1.165, 1.54) is 6.07 Å². The molecule has 4 heteroatoms. The Kier molecular flexibility index (Phi) is 2.97. The fourth-order valence-electron chi connectivity index (χ4n) is 1.94. The molecule has 0 radical (unpaired) electrons. The molecular formula is C12H15BrFNO. The van der Waals surface area contributed by atoms with Crippen LogP contribution in [-0.4, -0.2) is 17.3 Å². The zero-order chi connectivity index (χ0) is 11.9. The standard InChI is InChI=1S/C12H15BrFNO/c1-12(2)10(6-11(12)16)15-9-5-7(13)3-4-8(9)14/h3-5,10-11,15-16H,6H2,1-2H3. The first-order valence-electron chi connectivity index (χ1n) is 5.31. The minimum Gasteiger partial charge on any atom is -0.392 e. The first-order valence-corrected chi connectivity index (χ1v) is 6.10. The molecule has 1 aliphatic rings. The average molecular weight is 288 g/mol. The van der Waals surface area contributed by atoms with Crippen molar-refractivity contribution in [1.29, 1.82) is 0 Å².